The minimum absolute atomic E-state index is 0.0595. The third kappa shape index (κ3) is 11.7. The minimum atomic E-state index is -1.18. The number of amides is 3. The lowest BCUT2D eigenvalue weighted by atomic mass is 9.85. The predicted molar refractivity (Wildman–Crippen MR) is 325 cm³/mol. The zero-order valence-corrected chi connectivity index (χ0v) is 51.7. The molecule has 6 N–H and O–H groups in total. The molecule has 12 rings (SSSR count). The van der Waals surface area contributed by atoms with Crippen LogP contribution in [0, 0.1) is 90.9 Å². The molecule has 6 aromatic rings. The number of hydrogen-bond donors (Lipinski definition) is 3. The average molecular weight is 1310 g/mol. The summed E-state index contributed by atoms with van der Waals surface area (Å²) in [5.41, 5.74) is 20.3. The Morgan fingerprint density at radius 1 is 0.433 bits per heavy atom. The van der Waals surface area contributed by atoms with Crippen molar-refractivity contribution in [2.75, 3.05) is 39.5 Å². The lowest BCUT2D eigenvalue weighted by Crippen LogP contribution is -2.51. The monoisotopic (exact) mass is 1310 g/mol. The van der Waals surface area contributed by atoms with Crippen molar-refractivity contribution < 1.29 is 68.1 Å². The standard InChI is InChI=1S/3C21H20F3N3O2S/c3*1-11-7-15(23)9-17-19(11)29-10-13(5-6-25)21(17)27(12(2)28)26-20(30-21)16-8-14(22)3-4-18(16)24/h3*3-4,7-9,13H,5-6,10,25H2,1-2H3/t2*13-,21+;13-,21-/m101/s1. The van der Waals surface area contributed by atoms with Crippen LogP contribution in [0.2, 0.25) is 0 Å². The van der Waals surface area contributed by atoms with Crippen LogP contribution in [0.1, 0.15) is 90.1 Å². The topological polar surface area (TPSA) is 204 Å². The van der Waals surface area contributed by atoms with Crippen LogP contribution in [0.25, 0.3) is 0 Å². The van der Waals surface area contributed by atoms with E-state index in [9.17, 15) is 53.9 Å². The first-order valence-electron chi connectivity index (χ1n) is 28.3. The van der Waals surface area contributed by atoms with Crippen LogP contribution in [0.15, 0.2) is 106 Å². The van der Waals surface area contributed by atoms with Gasteiger partial charge >= 0.3 is 0 Å². The van der Waals surface area contributed by atoms with Crippen LogP contribution in [-0.4, -0.2) is 87.3 Å². The Kier molecular flexibility index (Phi) is 18.9. The molecule has 0 aliphatic carbocycles. The maximum Gasteiger partial charge on any atom is 0.241 e. The lowest BCUT2D eigenvalue weighted by Gasteiger charge is -2.45. The summed E-state index contributed by atoms with van der Waals surface area (Å²) in [6.07, 6.45) is 1.38. The van der Waals surface area contributed by atoms with Crippen LogP contribution < -0.4 is 31.4 Å². The van der Waals surface area contributed by atoms with Crippen molar-refractivity contribution in [1.82, 2.24) is 15.0 Å². The number of halogens is 9. The molecule has 0 radical (unpaired) electrons. The molecular formula is C63H60F9N9O6S3. The molecule has 0 saturated heterocycles. The highest BCUT2D eigenvalue weighted by molar-refractivity contribution is 8.16. The summed E-state index contributed by atoms with van der Waals surface area (Å²) in [5.74, 6) is -6.24. The molecule has 0 fully saturated rings. The van der Waals surface area contributed by atoms with Gasteiger partial charge in [-0.25, -0.2) is 54.5 Å². The Morgan fingerprint density at radius 3 is 0.922 bits per heavy atom. The molecule has 0 unspecified atom stereocenters. The van der Waals surface area contributed by atoms with E-state index in [-0.39, 0.29) is 69.4 Å². The normalized spacial score (nSPS) is 22.7. The van der Waals surface area contributed by atoms with E-state index in [2.05, 4.69) is 15.3 Å². The van der Waals surface area contributed by atoms with Crippen molar-refractivity contribution in [3.05, 3.63) is 193 Å². The van der Waals surface area contributed by atoms with E-state index >= 15 is 0 Å². The van der Waals surface area contributed by atoms with Crippen molar-refractivity contribution >= 4 is 68.1 Å². The van der Waals surface area contributed by atoms with Gasteiger partial charge in [-0.2, -0.15) is 15.3 Å². The van der Waals surface area contributed by atoms with Gasteiger partial charge in [0, 0.05) is 71.9 Å². The molecule has 6 atom stereocenters. The lowest BCUT2D eigenvalue weighted by molar-refractivity contribution is -0.135. The molecule has 474 valence electrons. The van der Waals surface area contributed by atoms with E-state index in [0.717, 1.165) is 89.9 Å². The third-order valence-corrected chi connectivity index (χ3v) is 20.6. The fourth-order valence-electron chi connectivity index (χ4n) is 12.2. The third-order valence-electron chi connectivity index (χ3n) is 16.0. The smallest absolute Gasteiger partial charge is 0.241 e. The van der Waals surface area contributed by atoms with Gasteiger partial charge in [0.05, 0.1) is 19.8 Å². The average Bonchev–Trinajstić information content (AvgIpc) is 1.48. The summed E-state index contributed by atoms with van der Waals surface area (Å²) in [7, 11) is 0. The number of carbonyl (C=O) groups is 3. The fourth-order valence-corrected chi connectivity index (χ4v) is 16.8. The summed E-state index contributed by atoms with van der Waals surface area (Å²) in [4.78, 5) is 34.4. The van der Waals surface area contributed by atoms with E-state index in [1.54, 1.807) is 20.8 Å². The zero-order chi connectivity index (χ0) is 64.9. The molecule has 6 aliphatic rings. The van der Waals surface area contributed by atoms with Gasteiger partial charge in [0.2, 0.25) is 17.7 Å². The van der Waals surface area contributed by atoms with Gasteiger partial charge < -0.3 is 31.4 Å². The first-order chi connectivity index (χ1) is 42.8. The summed E-state index contributed by atoms with van der Waals surface area (Å²) in [5, 5.41) is 17.2. The number of nitrogens with zero attached hydrogens (tertiary/aromatic N) is 6. The SMILES string of the molecule is CC(=O)N1N=C(c2cc(F)ccc2F)S[C@@]12c1cc(F)cc(C)c1OC[C@H]2CCN.CC(=O)N1N=C(c2cc(F)ccc2F)S[C@]12c1cc(F)cc(C)c1OC[C@@H]2CCN.CC(=O)N1N=C(c2cc(F)ccc2F)S[C@]12c1cc(F)cc(C)c1OC[C@H]2CCN. The zero-order valence-electron chi connectivity index (χ0n) is 49.2. The maximum atomic E-state index is 14.5. The number of benzene rings is 6. The Balaban J connectivity index is 0.000000148. The molecule has 3 amide bonds. The van der Waals surface area contributed by atoms with Crippen LogP contribution in [0.4, 0.5) is 39.5 Å². The quantitative estimate of drug-likeness (QED) is 0.116. The molecule has 6 aliphatic heterocycles. The molecule has 0 saturated carbocycles. The number of carbonyl (C=O) groups excluding carboxylic acids is 3. The second-order valence-corrected chi connectivity index (χ2v) is 25.7. The van der Waals surface area contributed by atoms with Gasteiger partial charge in [0.1, 0.15) is 84.7 Å². The van der Waals surface area contributed by atoms with Crippen LogP contribution in [0.5, 0.6) is 17.2 Å². The Morgan fingerprint density at radius 2 is 0.689 bits per heavy atom. The van der Waals surface area contributed by atoms with Crippen LogP contribution >= 0.6 is 35.3 Å². The summed E-state index contributed by atoms with van der Waals surface area (Å²) < 4.78 is 146. The largest absolute Gasteiger partial charge is 0.492 e. The van der Waals surface area contributed by atoms with Crippen molar-refractivity contribution in [3.8, 4) is 17.2 Å². The predicted octanol–water partition coefficient (Wildman–Crippen LogP) is 11.6. The number of rotatable bonds is 9. The van der Waals surface area contributed by atoms with E-state index in [1.807, 2.05) is 0 Å². The fraction of sp³-hybridized carbons (Fsp3) is 0.333. The van der Waals surface area contributed by atoms with Crippen molar-refractivity contribution in [2.45, 2.75) is 75.4 Å². The number of aryl methyl sites for hydroxylation is 3. The highest BCUT2D eigenvalue weighted by Gasteiger charge is 2.60. The highest BCUT2D eigenvalue weighted by Crippen LogP contribution is 2.61. The Bertz CT molecular complexity index is 3580. The van der Waals surface area contributed by atoms with E-state index < -0.39 is 84.7 Å². The Hall–Kier alpha value is -7.56. The molecule has 15 nitrogen and oxygen atoms in total. The van der Waals surface area contributed by atoms with Crippen molar-refractivity contribution in [3.63, 3.8) is 0 Å². The van der Waals surface area contributed by atoms with E-state index in [1.165, 1.54) is 72.2 Å². The van der Waals surface area contributed by atoms with E-state index in [0.29, 0.717) is 89.5 Å². The molecule has 90 heavy (non-hydrogen) atoms. The van der Waals surface area contributed by atoms with E-state index in [4.69, 9.17) is 31.4 Å². The molecule has 27 heteroatoms. The van der Waals surface area contributed by atoms with Crippen LogP contribution in [-0.2, 0) is 29.0 Å². The Labute approximate surface area is 524 Å². The summed E-state index contributed by atoms with van der Waals surface area (Å²) >= 11 is 3.30. The van der Waals surface area contributed by atoms with Gasteiger partial charge in [0.25, 0.3) is 0 Å². The molecular weight excluding hydrogens is 1250 g/mol. The molecule has 6 heterocycles. The number of nitrogens with two attached hydrogens (primary N) is 3. The second kappa shape index (κ2) is 26.0. The van der Waals surface area contributed by atoms with Gasteiger partial charge in [-0.1, -0.05) is 35.3 Å². The minimum Gasteiger partial charge on any atom is -0.492 e. The number of fused-ring (bicyclic) bond motifs is 6. The number of hydrazone groups is 3. The van der Waals surface area contributed by atoms with Gasteiger partial charge in [-0.3, -0.25) is 14.4 Å². The van der Waals surface area contributed by atoms with Gasteiger partial charge in [-0.15, -0.1) is 0 Å². The molecule has 3 spiro atoms. The summed E-state index contributed by atoms with van der Waals surface area (Å²) in [6.45, 7) is 10.7. The second-order valence-electron chi connectivity index (χ2n) is 22.0. The van der Waals surface area contributed by atoms with Crippen molar-refractivity contribution in [2.24, 2.45) is 50.3 Å². The molecule has 6 aromatic carbocycles. The van der Waals surface area contributed by atoms with Crippen LogP contribution in [0.3, 0.4) is 0 Å². The van der Waals surface area contributed by atoms with Gasteiger partial charge in [0.15, 0.2) is 14.6 Å². The number of hydrogen-bond acceptors (Lipinski definition) is 15. The molecule has 0 bridgehead atoms. The van der Waals surface area contributed by atoms with Crippen molar-refractivity contribution in [1.29, 1.82) is 0 Å². The van der Waals surface area contributed by atoms with Gasteiger partial charge in [-0.05, 0) is 167 Å². The highest BCUT2D eigenvalue weighted by atomic mass is 32.2. The maximum absolute atomic E-state index is 14.5. The number of thioether (sulfide) groups is 3. The first-order valence-corrected chi connectivity index (χ1v) is 30.8. The molecule has 0 aromatic heterocycles. The summed E-state index contributed by atoms with van der Waals surface area (Å²) in [6, 6.07) is 17.2. The number of ether oxygens (including phenoxy) is 3. The first kappa shape index (κ1) is 65.4.